The second-order valence-electron chi connectivity index (χ2n) is 7.34. The maximum atomic E-state index is 10.4. The molecule has 1 unspecified atom stereocenters. The summed E-state index contributed by atoms with van der Waals surface area (Å²) in [4.78, 5) is 0. The first-order valence-corrected chi connectivity index (χ1v) is 11.1. The van der Waals surface area contributed by atoms with Crippen molar-refractivity contribution in [3.8, 4) is 17.1 Å². The van der Waals surface area contributed by atoms with Gasteiger partial charge in [0, 0.05) is 11.3 Å². The fourth-order valence-corrected chi connectivity index (χ4v) is 4.00. The first-order chi connectivity index (χ1) is 15.1. The van der Waals surface area contributed by atoms with Crippen LogP contribution in [-0.4, -0.2) is 38.3 Å². The summed E-state index contributed by atoms with van der Waals surface area (Å²) in [5.41, 5.74) is 4.42. The molecule has 31 heavy (non-hydrogen) atoms. The number of hydrogen-bond donors (Lipinski definition) is 1. The van der Waals surface area contributed by atoms with Gasteiger partial charge in [0.05, 0.1) is 24.7 Å². The standard InChI is InChI=1S/C24H25N3O3S/c1-17-10-11-20(13-18(17)2)27-23(19-7-4-3-5-8-19)25-26-24(27)31-16-21(28)14-29-15-22-9-6-12-30-22/h3-13,21,28H,14-16H2,1-2H3. The van der Waals surface area contributed by atoms with E-state index in [1.165, 1.54) is 22.9 Å². The molecule has 4 aromatic rings. The molecular formula is C24H25N3O3S. The maximum Gasteiger partial charge on any atom is 0.196 e. The van der Waals surface area contributed by atoms with E-state index >= 15 is 0 Å². The number of aliphatic hydroxyl groups excluding tert-OH is 1. The fraction of sp³-hybridized carbons (Fsp3) is 0.250. The van der Waals surface area contributed by atoms with Gasteiger partial charge >= 0.3 is 0 Å². The fourth-order valence-electron chi connectivity index (χ4n) is 3.14. The Balaban J connectivity index is 1.51. The highest BCUT2D eigenvalue weighted by Gasteiger charge is 2.18. The van der Waals surface area contributed by atoms with Crippen LogP contribution in [0.4, 0.5) is 0 Å². The first-order valence-electron chi connectivity index (χ1n) is 10.1. The van der Waals surface area contributed by atoms with Crippen LogP contribution in [0, 0.1) is 13.8 Å². The SMILES string of the molecule is Cc1ccc(-n2c(SCC(O)COCc3ccco3)nnc2-c2ccccc2)cc1C. The molecule has 2 heterocycles. The molecule has 0 amide bonds. The first kappa shape index (κ1) is 21.4. The van der Waals surface area contributed by atoms with E-state index < -0.39 is 6.10 Å². The molecule has 0 aliphatic rings. The normalized spacial score (nSPS) is 12.2. The highest BCUT2D eigenvalue weighted by Crippen LogP contribution is 2.29. The highest BCUT2D eigenvalue weighted by atomic mass is 32.2. The van der Waals surface area contributed by atoms with Crippen molar-refractivity contribution in [2.75, 3.05) is 12.4 Å². The van der Waals surface area contributed by atoms with Crippen LogP contribution in [-0.2, 0) is 11.3 Å². The predicted octanol–water partition coefficient (Wildman–Crippen LogP) is 4.81. The Labute approximate surface area is 185 Å². The van der Waals surface area contributed by atoms with E-state index in [1.807, 2.05) is 47.0 Å². The number of benzene rings is 2. The van der Waals surface area contributed by atoms with Gasteiger partial charge in [0.2, 0.25) is 0 Å². The van der Waals surface area contributed by atoms with Gasteiger partial charge in [-0.3, -0.25) is 4.57 Å². The smallest absolute Gasteiger partial charge is 0.196 e. The Morgan fingerprint density at radius 1 is 1.03 bits per heavy atom. The Morgan fingerprint density at radius 3 is 2.61 bits per heavy atom. The van der Waals surface area contributed by atoms with Crippen LogP contribution in [0.25, 0.3) is 17.1 Å². The van der Waals surface area contributed by atoms with Gasteiger partial charge in [-0.15, -0.1) is 10.2 Å². The molecule has 0 radical (unpaired) electrons. The van der Waals surface area contributed by atoms with Gasteiger partial charge in [0.25, 0.3) is 0 Å². The molecule has 0 aliphatic heterocycles. The number of aromatic nitrogens is 3. The molecule has 0 aliphatic carbocycles. The quantitative estimate of drug-likeness (QED) is 0.380. The zero-order valence-corrected chi connectivity index (χ0v) is 18.4. The summed E-state index contributed by atoms with van der Waals surface area (Å²) in [5.74, 6) is 1.95. The van der Waals surface area contributed by atoms with E-state index in [4.69, 9.17) is 9.15 Å². The van der Waals surface area contributed by atoms with Crippen molar-refractivity contribution in [2.24, 2.45) is 0 Å². The van der Waals surface area contributed by atoms with Crippen molar-refractivity contribution in [3.63, 3.8) is 0 Å². The summed E-state index contributed by atoms with van der Waals surface area (Å²) in [6.07, 6.45) is 0.972. The minimum atomic E-state index is -0.634. The summed E-state index contributed by atoms with van der Waals surface area (Å²) in [6, 6.07) is 20.0. The Morgan fingerprint density at radius 2 is 1.87 bits per heavy atom. The number of thioether (sulfide) groups is 1. The van der Waals surface area contributed by atoms with Crippen molar-refractivity contribution in [1.29, 1.82) is 0 Å². The van der Waals surface area contributed by atoms with Crippen molar-refractivity contribution in [1.82, 2.24) is 14.8 Å². The molecule has 6 nitrogen and oxygen atoms in total. The molecule has 0 bridgehead atoms. The van der Waals surface area contributed by atoms with Crippen molar-refractivity contribution in [3.05, 3.63) is 83.8 Å². The predicted molar refractivity (Wildman–Crippen MR) is 121 cm³/mol. The van der Waals surface area contributed by atoms with Gasteiger partial charge in [-0.2, -0.15) is 0 Å². The average Bonchev–Trinajstić information content (AvgIpc) is 3.45. The average molecular weight is 436 g/mol. The van der Waals surface area contributed by atoms with E-state index in [0.717, 1.165) is 28.0 Å². The van der Waals surface area contributed by atoms with E-state index in [9.17, 15) is 5.11 Å². The molecular weight excluding hydrogens is 410 g/mol. The molecule has 160 valence electrons. The largest absolute Gasteiger partial charge is 0.467 e. The van der Waals surface area contributed by atoms with Gasteiger partial charge in [-0.1, -0.05) is 48.2 Å². The minimum Gasteiger partial charge on any atom is -0.467 e. The Hall–Kier alpha value is -2.87. The molecule has 0 saturated carbocycles. The number of rotatable bonds is 9. The van der Waals surface area contributed by atoms with Crippen molar-refractivity contribution < 1.29 is 14.3 Å². The van der Waals surface area contributed by atoms with Gasteiger partial charge in [-0.25, -0.2) is 0 Å². The van der Waals surface area contributed by atoms with Gasteiger partial charge in [-0.05, 0) is 49.2 Å². The number of hydrogen-bond acceptors (Lipinski definition) is 6. The lowest BCUT2D eigenvalue weighted by molar-refractivity contribution is 0.0328. The van der Waals surface area contributed by atoms with E-state index in [0.29, 0.717) is 12.4 Å². The number of aliphatic hydroxyl groups is 1. The summed E-state index contributed by atoms with van der Waals surface area (Å²) < 4.78 is 12.8. The van der Waals surface area contributed by atoms with Gasteiger partial charge < -0.3 is 14.3 Å². The zero-order chi connectivity index (χ0) is 21.6. The van der Waals surface area contributed by atoms with Crippen LogP contribution in [0.2, 0.25) is 0 Å². The molecule has 2 aromatic carbocycles. The van der Waals surface area contributed by atoms with E-state index in [2.05, 4.69) is 42.2 Å². The highest BCUT2D eigenvalue weighted by molar-refractivity contribution is 7.99. The lowest BCUT2D eigenvalue weighted by Crippen LogP contribution is -2.18. The molecule has 0 spiro atoms. The van der Waals surface area contributed by atoms with Crippen molar-refractivity contribution in [2.45, 2.75) is 31.7 Å². The van der Waals surface area contributed by atoms with Crippen LogP contribution in [0.5, 0.6) is 0 Å². The minimum absolute atomic E-state index is 0.219. The summed E-state index contributed by atoms with van der Waals surface area (Å²) in [7, 11) is 0. The summed E-state index contributed by atoms with van der Waals surface area (Å²) in [6.45, 7) is 4.75. The second kappa shape index (κ2) is 9.96. The molecule has 4 rings (SSSR count). The zero-order valence-electron chi connectivity index (χ0n) is 17.6. The maximum absolute atomic E-state index is 10.4. The molecule has 1 atom stereocenters. The third kappa shape index (κ3) is 5.25. The summed E-state index contributed by atoms with van der Waals surface area (Å²) >= 11 is 1.46. The topological polar surface area (TPSA) is 73.3 Å². The van der Waals surface area contributed by atoms with Crippen LogP contribution >= 0.6 is 11.8 Å². The van der Waals surface area contributed by atoms with Crippen LogP contribution in [0.15, 0.2) is 76.5 Å². The number of ether oxygens (including phenoxy) is 1. The molecule has 0 saturated heterocycles. The van der Waals surface area contributed by atoms with Gasteiger partial charge in [0.15, 0.2) is 11.0 Å². The number of nitrogens with zero attached hydrogens (tertiary/aromatic N) is 3. The number of aryl methyl sites for hydroxylation is 2. The number of furan rings is 1. The van der Waals surface area contributed by atoms with Crippen LogP contribution in [0.3, 0.4) is 0 Å². The molecule has 2 aromatic heterocycles. The summed E-state index contributed by atoms with van der Waals surface area (Å²) in [5, 5.41) is 20.0. The van der Waals surface area contributed by atoms with Crippen LogP contribution in [0.1, 0.15) is 16.9 Å². The Bertz CT molecular complexity index is 1110. The molecule has 7 heteroatoms. The molecule has 0 fully saturated rings. The monoisotopic (exact) mass is 435 g/mol. The third-order valence-electron chi connectivity index (χ3n) is 4.95. The lowest BCUT2D eigenvalue weighted by atomic mass is 10.1. The second-order valence-corrected chi connectivity index (χ2v) is 8.32. The van der Waals surface area contributed by atoms with Crippen molar-refractivity contribution >= 4 is 11.8 Å². The van der Waals surface area contributed by atoms with Gasteiger partial charge in [0.1, 0.15) is 12.4 Å². The van der Waals surface area contributed by atoms with E-state index in [-0.39, 0.29) is 6.61 Å². The van der Waals surface area contributed by atoms with E-state index in [1.54, 1.807) is 6.26 Å². The third-order valence-corrected chi connectivity index (χ3v) is 6.03. The Kier molecular flexibility index (Phi) is 6.86. The van der Waals surface area contributed by atoms with Crippen LogP contribution < -0.4 is 0 Å². The lowest BCUT2D eigenvalue weighted by Gasteiger charge is -2.14. The molecule has 1 N–H and O–H groups in total.